The molecule has 4 nitrogen and oxygen atoms in total. The van der Waals surface area contributed by atoms with Crippen molar-refractivity contribution in [1.82, 2.24) is 10.3 Å². The molecule has 5 heteroatoms. The van der Waals surface area contributed by atoms with Crippen molar-refractivity contribution in [3.05, 3.63) is 35.6 Å². The van der Waals surface area contributed by atoms with Gasteiger partial charge in [0.2, 0.25) is 0 Å². The first-order valence-corrected chi connectivity index (χ1v) is 11.2. The maximum Gasteiger partial charge on any atom is 0.338 e. The highest BCUT2D eigenvalue weighted by atomic mass is 19.1. The minimum atomic E-state index is -0.216. The summed E-state index contributed by atoms with van der Waals surface area (Å²) in [5.74, 6) is 0.304. The number of carbonyl (C=O) groups is 1. The predicted molar refractivity (Wildman–Crippen MR) is 114 cm³/mol. The van der Waals surface area contributed by atoms with E-state index in [9.17, 15) is 9.18 Å². The van der Waals surface area contributed by atoms with Crippen molar-refractivity contribution in [2.75, 3.05) is 6.54 Å². The van der Waals surface area contributed by atoms with E-state index in [-0.39, 0.29) is 34.6 Å². The average molecular weight is 400 g/mol. The van der Waals surface area contributed by atoms with Crippen molar-refractivity contribution >= 4 is 11.7 Å². The molecule has 2 saturated carbocycles. The molecule has 2 amide bonds. The zero-order chi connectivity index (χ0) is 20.8. The molecular formula is C24H34FN3O. The number of fused-ring (bicyclic) bond motifs is 2. The molecule has 2 aliphatic carbocycles. The molecule has 1 N–H and O–H groups in total. The second-order valence-corrected chi connectivity index (χ2v) is 9.96. The number of urea groups is 1. The summed E-state index contributed by atoms with van der Waals surface area (Å²) in [6.07, 6.45) is 6.32. The van der Waals surface area contributed by atoms with Gasteiger partial charge in [0.25, 0.3) is 0 Å². The van der Waals surface area contributed by atoms with E-state index in [0.29, 0.717) is 18.0 Å². The number of nitrogens with zero attached hydrogens (tertiary/aromatic N) is 2. The third-order valence-corrected chi connectivity index (χ3v) is 8.40. The molecule has 1 aromatic carbocycles. The molecule has 0 aromatic heterocycles. The fraction of sp³-hybridized carbons (Fsp3) is 0.667. The SMILES string of the molecule is CCCCC1=NN(C(=O)NC2C[C@@H]3CC[C@@]2(C)C3(C)C)CC1c1ccccc1F. The molecule has 2 bridgehead atoms. The summed E-state index contributed by atoms with van der Waals surface area (Å²) < 4.78 is 14.5. The first kappa shape index (κ1) is 20.4. The van der Waals surface area contributed by atoms with Crippen LogP contribution in [0.25, 0.3) is 0 Å². The van der Waals surface area contributed by atoms with Crippen LogP contribution < -0.4 is 5.32 Å². The largest absolute Gasteiger partial charge is 0.338 e. The maximum atomic E-state index is 14.5. The maximum absolute atomic E-state index is 14.5. The van der Waals surface area contributed by atoms with Crippen molar-refractivity contribution in [2.24, 2.45) is 21.8 Å². The molecule has 2 unspecified atom stereocenters. The fourth-order valence-corrected chi connectivity index (χ4v) is 5.94. The van der Waals surface area contributed by atoms with Gasteiger partial charge in [-0.25, -0.2) is 14.2 Å². The van der Waals surface area contributed by atoms with Gasteiger partial charge in [-0.1, -0.05) is 52.3 Å². The molecule has 1 heterocycles. The van der Waals surface area contributed by atoms with Gasteiger partial charge in [0.1, 0.15) is 5.82 Å². The Hall–Kier alpha value is -1.91. The molecule has 1 aliphatic heterocycles. The summed E-state index contributed by atoms with van der Waals surface area (Å²) in [5, 5.41) is 9.50. The quantitative estimate of drug-likeness (QED) is 0.679. The highest BCUT2D eigenvalue weighted by Crippen LogP contribution is 2.65. The summed E-state index contributed by atoms with van der Waals surface area (Å²) in [7, 11) is 0. The van der Waals surface area contributed by atoms with Crippen molar-refractivity contribution in [3.63, 3.8) is 0 Å². The summed E-state index contributed by atoms with van der Waals surface area (Å²) in [6, 6.07) is 6.93. The van der Waals surface area contributed by atoms with E-state index < -0.39 is 0 Å². The first-order chi connectivity index (χ1) is 13.8. The lowest BCUT2D eigenvalue weighted by Gasteiger charge is -2.39. The lowest BCUT2D eigenvalue weighted by molar-refractivity contribution is 0.118. The Morgan fingerprint density at radius 1 is 1.31 bits per heavy atom. The van der Waals surface area contributed by atoms with Crippen LogP contribution in [0.4, 0.5) is 9.18 Å². The average Bonchev–Trinajstić information content (AvgIpc) is 3.26. The van der Waals surface area contributed by atoms with Crippen LogP contribution in [-0.4, -0.2) is 29.3 Å². The number of carbonyl (C=O) groups excluding carboxylic acids is 1. The van der Waals surface area contributed by atoms with Crippen molar-refractivity contribution < 1.29 is 9.18 Å². The lowest BCUT2D eigenvalue weighted by atomic mass is 9.69. The van der Waals surface area contributed by atoms with Crippen LogP contribution in [0, 0.1) is 22.6 Å². The molecular weight excluding hydrogens is 365 g/mol. The number of hydrogen-bond acceptors (Lipinski definition) is 2. The fourth-order valence-electron chi connectivity index (χ4n) is 5.94. The molecule has 29 heavy (non-hydrogen) atoms. The van der Waals surface area contributed by atoms with Gasteiger partial charge < -0.3 is 5.32 Å². The van der Waals surface area contributed by atoms with Crippen LogP contribution in [0.3, 0.4) is 0 Å². The number of hydrogen-bond donors (Lipinski definition) is 1. The van der Waals surface area contributed by atoms with E-state index in [2.05, 4.69) is 38.1 Å². The van der Waals surface area contributed by atoms with E-state index in [0.717, 1.165) is 31.4 Å². The summed E-state index contributed by atoms with van der Waals surface area (Å²) in [5.41, 5.74) is 1.95. The molecule has 0 saturated heterocycles. The third-order valence-electron chi connectivity index (χ3n) is 8.40. The summed E-state index contributed by atoms with van der Waals surface area (Å²) in [6.45, 7) is 9.58. The Balaban J connectivity index is 1.51. The summed E-state index contributed by atoms with van der Waals surface area (Å²) in [4.78, 5) is 13.1. The van der Waals surface area contributed by atoms with Crippen LogP contribution in [0.2, 0.25) is 0 Å². The van der Waals surface area contributed by atoms with Crippen LogP contribution >= 0.6 is 0 Å². The normalized spacial score (nSPS) is 32.5. The predicted octanol–water partition coefficient (Wildman–Crippen LogP) is 5.70. The summed E-state index contributed by atoms with van der Waals surface area (Å²) >= 11 is 0. The van der Waals surface area contributed by atoms with Gasteiger partial charge in [0.05, 0.1) is 6.54 Å². The zero-order valence-corrected chi connectivity index (χ0v) is 18.2. The number of hydrazone groups is 1. The molecule has 158 valence electrons. The van der Waals surface area contributed by atoms with Crippen LogP contribution in [-0.2, 0) is 0 Å². The van der Waals surface area contributed by atoms with E-state index in [1.165, 1.54) is 18.9 Å². The Kier molecular flexibility index (Phi) is 5.20. The van der Waals surface area contributed by atoms with E-state index in [1.54, 1.807) is 11.1 Å². The Morgan fingerprint density at radius 2 is 2.07 bits per heavy atom. The topological polar surface area (TPSA) is 44.7 Å². The zero-order valence-electron chi connectivity index (χ0n) is 18.2. The van der Waals surface area contributed by atoms with E-state index >= 15 is 0 Å². The van der Waals surface area contributed by atoms with E-state index in [1.807, 2.05) is 12.1 Å². The number of unbranched alkanes of at least 4 members (excludes halogenated alkanes) is 1. The molecule has 3 aliphatic rings. The number of nitrogens with one attached hydrogen (secondary N) is 1. The second-order valence-electron chi connectivity index (χ2n) is 9.96. The molecule has 4 atom stereocenters. The molecule has 1 aromatic rings. The number of amides is 2. The van der Waals surface area contributed by atoms with Crippen molar-refractivity contribution in [3.8, 4) is 0 Å². The van der Waals surface area contributed by atoms with Gasteiger partial charge >= 0.3 is 6.03 Å². The Morgan fingerprint density at radius 3 is 2.69 bits per heavy atom. The van der Waals surface area contributed by atoms with Crippen LogP contribution in [0.5, 0.6) is 0 Å². The third kappa shape index (κ3) is 3.27. The molecule has 2 fully saturated rings. The smallest absolute Gasteiger partial charge is 0.333 e. The minimum absolute atomic E-state index is 0.132. The first-order valence-electron chi connectivity index (χ1n) is 11.2. The molecule has 4 rings (SSSR count). The molecule has 0 radical (unpaired) electrons. The van der Waals surface area contributed by atoms with Crippen molar-refractivity contribution in [2.45, 2.75) is 78.2 Å². The highest BCUT2D eigenvalue weighted by Gasteiger charge is 2.61. The number of rotatable bonds is 5. The monoisotopic (exact) mass is 399 g/mol. The van der Waals surface area contributed by atoms with Gasteiger partial charge in [-0.2, -0.15) is 5.10 Å². The van der Waals surface area contributed by atoms with Crippen molar-refractivity contribution in [1.29, 1.82) is 0 Å². The van der Waals surface area contributed by atoms with Gasteiger partial charge in [-0.3, -0.25) is 0 Å². The van der Waals surface area contributed by atoms with Gasteiger partial charge in [-0.05, 0) is 60.5 Å². The van der Waals surface area contributed by atoms with Gasteiger partial charge in [-0.15, -0.1) is 0 Å². The Bertz CT molecular complexity index is 820. The number of benzene rings is 1. The van der Waals surface area contributed by atoms with E-state index in [4.69, 9.17) is 0 Å². The molecule has 0 spiro atoms. The van der Waals surface area contributed by atoms with Gasteiger partial charge in [0.15, 0.2) is 0 Å². The second kappa shape index (κ2) is 7.41. The van der Waals surface area contributed by atoms with Crippen LogP contribution in [0.15, 0.2) is 29.4 Å². The van der Waals surface area contributed by atoms with Crippen LogP contribution in [0.1, 0.15) is 77.7 Å². The standard InChI is InChI=1S/C24H34FN3O/c1-5-6-11-20-18(17-9-7-8-10-19(17)25)15-28(27-20)22(29)26-21-14-16-12-13-24(21,4)23(16,2)3/h7-10,16,18,21H,5-6,11-15H2,1-4H3,(H,26,29)/t16-,18?,21?,24+/m0/s1. The lowest BCUT2D eigenvalue weighted by Crippen LogP contribution is -2.50. The van der Waals surface area contributed by atoms with Gasteiger partial charge in [0, 0.05) is 17.7 Å². The Labute approximate surface area is 173 Å². The minimum Gasteiger partial charge on any atom is -0.333 e. The number of halogens is 1. The highest BCUT2D eigenvalue weighted by molar-refractivity contribution is 5.94.